The van der Waals surface area contributed by atoms with Gasteiger partial charge in [0, 0.05) is 25.2 Å². The summed E-state index contributed by atoms with van der Waals surface area (Å²) < 4.78 is 0. The van der Waals surface area contributed by atoms with E-state index in [-0.39, 0.29) is 11.8 Å². The second-order valence-corrected chi connectivity index (χ2v) is 2.92. The Hall–Kier alpha value is -1.32. The van der Waals surface area contributed by atoms with E-state index in [1.807, 2.05) is 13.8 Å². The summed E-state index contributed by atoms with van der Waals surface area (Å²) in [6, 6.07) is 0. The van der Waals surface area contributed by atoms with Crippen molar-refractivity contribution in [2.24, 2.45) is 0 Å². The van der Waals surface area contributed by atoms with Gasteiger partial charge < -0.3 is 10.6 Å². The Bertz CT molecular complexity index is 190. The van der Waals surface area contributed by atoms with Crippen molar-refractivity contribution >= 4 is 11.8 Å². The number of carbonyl (C=O) groups is 2. The fourth-order valence-corrected chi connectivity index (χ4v) is 0.766. The van der Waals surface area contributed by atoms with Crippen LogP contribution < -0.4 is 10.6 Å². The van der Waals surface area contributed by atoms with E-state index in [1.54, 1.807) is 0 Å². The molecule has 0 saturated heterocycles. The van der Waals surface area contributed by atoms with E-state index in [9.17, 15) is 9.59 Å². The standard InChI is InChI=1S/C10H18N2O2/c1-3-7-11-9(13)5-6-10(14)12-8-4-2/h5-6H,3-4,7-8H2,1-2H3,(H,11,13)(H,12,14)/b6-5-. The lowest BCUT2D eigenvalue weighted by Crippen LogP contribution is -2.24. The third-order valence-corrected chi connectivity index (χ3v) is 1.48. The summed E-state index contributed by atoms with van der Waals surface area (Å²) in [7, 11) is 0. The molecule has 0 aliphatic carbocycles. The second-order valence-electron chi connectivity index (χ2n) is 2.92. The monoisotopic (exact) mass is 198 g/mol. The zero-order valence-corrected chi connectivity index (χ0v) is 8.80. The van der Waals surface area contributed by atoms with Crippen LogP contribution in [0.3, 0.4) is 0 Å². The van der Waals surface area contributed by atoms with Crippen LogP contribution in [-0.2, 0) is 9.59 Å². The molecule has 0 spiro atoms. The van der Waals surface area contributed by atoms with Gasteiger partial charge in [-0.3, -0.25) is 9.59 Å². The highest BCUT2D eigenvalue weighted by atomic mass is 16.2. The highest BCUT2D eigenvalue weighted by molar-refractivity contribution is 5.96. The van der Waals surface area contributed by atoms with E-state index in [0.29, 0.717) is 13.1 Å². The van der Waals surface area contributed by atoms with E-state index in [0.717, 1.165) is 12.8 Å². The first-order valence-corrected chi connectivity index (χ1v) is 4.94. The molecule has 0 heterocycles. The summed E-state index contributed by atoms with van der Waals surface area (Å²) in [6.45, 7) is 5.22. The second kappa shape index (κ2) is 8.29. The molecule has 80 valence electrons. The van der Waals surface area contributed by atoms with Gasteiger partial charge in [-0.15, -0.1) is 0 Å². The summed E-state index contributed by atoms with van der Waals surface area (Å²) in [5.74, 6) is -0.447. The van der Waals surface area contributed by atoms with Crippen molar-refractivity contribution < 1.29 is 9.59 Å². The maximum Gasteiger partial charge on any atom is 0.244 e. The van der Waals surface area contributed by atoms with E-state index in [4.69, 9.17) is 0 Å². The smallest absolute Gasteiger partial charge is 0.244 e. The molecule has 0 aromatic heterocycles. The van der Waals surface area contributed by atoms with Gasteiger partial charge >= 0.3 is 0 Å². The Labute approximate surface area is 84.8 Å². The van der Waals surface area contributed by atoms with Crippen LogP contribution in [0.2, 0.25) is 0 Å². The van der Waals surface area contributed by atoms with Gasteiger partial charge in [0.2, 0.25) is 11.8 Å². The normalized spacial score (nSPS) is 10.1. The van der Waals surface area contributed by atoms with Gasteiger partial charge in [0.1, 0.15) is 0 Å². The molecule has 0 atom stereocenters. The van der Waals surface area contributed by atoms with Gasteiger partial charge in [-0.1, -0.05) is 13.8 Å². The van der Waals surface area contributed by atoms with Gasteiger partial charge in [0.15, 0.2) is 0 Å². The highest BCUT2D eigenvalue weighted by Crippen LogP contribution is 1.78. The quantitative estimate of drug-likeness (QED) is 0.614. The molecule has 0 rings (SSSR count). The fourth-order valence-electron chi connectivity index (χ4n) is 0.766. The first-order chi connectivity index (χ1) is 6.70. The average molecular weight is 198 g/mol. The highest BCUT2D eigenvalue weighted by Gasteiger charge is 1.95. The van der Waals surface area contributed by atoms with Crippen LogP contribution in [0.15, 0.2) is 12.2 Å². The molecule has 0 aliphatic heterocycles. The molecule has 0 bridgehead atoms. The Balaban J connectivity index is 3.68. The third-order valence-electron chi connectivity index (χ3n) is 1.48. The van der Waals surface area contributed by atoms with Crippen LogP contribution in [0.5, 0.6) is 0 Å². The Kier molecular flexibility index (Phi) is 7.50. The number of nitrogens with one attached hydrogen (secondary N) is 2. The van der Waals surface area contributed by atoms with Crippen molar-refractivity contribution in [3.63, 3.8) is 0 Å². The minimum Gasteiger partial charge on any atom is -0.353 e. The maximum atomic E-state index is 11.0. The predicted octanol–water partition coefficient (Wildman–Crippen LogP) is 0.595. The lowest BCUT2D eigenvalue weighted by molar-refractivity contribution is -0.118. The molecule has 14 heavy (non-hydrogen) atoms. The topological polar surface area (TPSA) is 58.2 Å². The lowest BCUT2D eigenvalue weighted by Gasteiger charge is -1.98. The molecule has 0 unspecified atom stereocenters. The van der Waals surface area contributed by atoms with Crippen molar-refractivity contribution in [1.82, 2.24) is 10.6 Å². The van der Waals surface area contributed by atoms with Crippen molar-refractivity contribution in [1.29, 1.82) is 0 Å². The number of hydrogen-bond acceptors (Lipinski definition) is 2. The number of amides is 2. The van der Waals surface area contributed by atoms with E-state index >= 15 is 0 Å². The van der Waals surface area contributed by atoms with Gasteiger partial charge in [-0.25, -0.2) is 0 Å². The molecule has 0 fully saturated rings. The summed E-state index contributed by atoms with van der Waals surface area (Å²) in [5, 5.41) is 5.28. The number of rotatable bonds is 6. The molecule has 0 saturated carbocycles. The SMILES string of the molecule is CCCNC(=O)/C=C\C(=O)NCCC. The van der Waals surface area contributed by atoms with Gasteiger partial charge in [-0.2, -0.15) is 0 Å². The summed E-state index contributed by atoms with van der Waals surface area (Å²) in [5.41, 5.74) is 0. The van der Waals surface area contributed by atoms with Crippen LogP contribution in [0.4, 0.5) is 0 Å². The predicted molar refractivity (Wildman–Crippen MR) is 55.7 cm³/mol. The summed E-state index contributed by atoms with van der Waals surface area (Å²) >= 11 is 0. The average Bonchev–Trinajstić information content (AvgIpc) is 2.20. The van der Waals surface area contributed by atoms with E-state index in [1.165, 1.54) is 12.2 Å². The van der Waals surface area contributed by atoms with E-state index < -0.39 is 0 Å². The van der Waals surface area contributed by atoms with Crippen molar-refractivity contribution in [2.75, 3.05) is 13.1 Å². The van der Waals surface area contributed by atoms with Crippen molar-refractivity contribution in [3.05, 3.63) is 12.2 Å². The van der Waals surface area contributed by atoms with Crippen LogP contribution in [0.1, 0.15) is 26.7 Å². The molecule has 0 aliphatic rings. The Morgan fingerprint density at radius 2 is 1.29 bits per heavy atom. The largest absolute Gasteiger partial charge is 0.353 e. The summed E-state index contributed by atoms with van der Waals surface area (Å²) in [4.78, 5) is 22.0. The first-order valence-electron chi connectivity index (χ1n) is 4.94. The molecule has 0 radical (unpaired) electrons. The van der Waals surface area contributed by atoms with Crippen molar-refractivity contribution in [3.8, 4) is 0 Å². The lowest BCUT2D eigenvalue weighted by atomic mass is 10.4. The molecule has 4 nitrogen and oxygen atoms in total. The van der Waals surface area contributed by atoms with Crippen LogP contribution in [0.25, 0.3) is 0 Å². The van der Waals surface area contributed by atoms with Gasteiger partial charge in [0.25, 0.3) is 0 Å². The van der Waals surface area contributed by atoms with Crippen molar-refractivity contribution in [2.45, 2.75) is 26.7 Å². The Morgan fingerprint density at radius 1 is 0.929 bits per heavy atom. The van der Waals surface area contributed by atoms with Crippen LogP contribution in [-0.4, -0.2) is 24.9 Å². The number of carbonyl (C=O) groups excluding carboxylic acids is 2. The Morgan fingerprint density at radius 3 is 1.57 bits per heavy atom. The maximum absolute atomic E-state index is 11.0. The van der Waals surface area contributed by atoms with Gasteiger partial charge in [0.05, 0.1) is 0 Å². The fraction of sp³-hybridized carbons (Fsp3) is 0.600. The van der Waals surface area contributed by atoms with Crippen LogP contribution in [0, 0.1) is 0 Å². The zero-order valence-electron chi connectivity index (χ0n) is 8.80. The summed E-state index contributed by atoms with van der Waals surface area (Å²) in [6.07, 6.45) is 4.28. The molecule has 4 heteroatoms. The molecular formula is C10H18N2O2. The minimum absolute atomic E-state index is 0.224. The molecule has 0 aromatic carbocycles. The molecule has 2 amide bonds. The molecular weight excluding hydrogens is 180 g/mol. The molecule has 2 N–H and O–H groups in total. The third kappa shape index (κ3) is 7.34. The van der Waals surface area contributed by atoms with Gasteiger partial charge in [-0.05, 0) is 12.8 Å². The van der Waals surface area contributed by atoms with E-state index in [2.05, 4.69) is 10.6 Å². The molecule has 0 aromatic rings. The van der Waals surface area contributed by atoms with Crippen LogP contribution >= 0.6 is 0 Å². The minimum atomic E-state index is -0.224. The zero-order chi connectivity index (χ0) is 10.8. The number of hydrogen-bond donors (Lipinski definition) is 2. The first kappa shape index (κ1) is 12.7.